The van der Waals surface area contributed by atoms with Crippen molar-refractivity contribution < 1.29 is 14.3 Å². The molecule has 1 N–H and O–H groups in total. The van der Waals surface area contributed by atoms with Gasteiger partial charge in [0.05, 0.1) is 28.8 Å². The van der Waals surface area contributed by atoms with E-state index in [9.17, 15) is 14.4 Å². The maximum atomic E-state index is 13.3. The highest BCUT2D eigenvalue weighted by Gasteiger charge is 2.21. The number of aryl methyl sites for hydroxylation is 1. The zero-order valence-electron chi connectivity index (χ0n) is 20.9. The van der Waals surface area contributed by atoms with Gasteiger partial charge in [-0.15, -0.1) is 0 Å². The predicted octanol–water partition coefficient (Wildman–Crippen LogP) is 4.46. The van der Waals surface area contributed by atoms with E-state index in [2.05, 4.69) is 22.4 Å². The van der Waals surface area contributed by atoms with E-state index in [0.717, 1.165) is 12.8 Å². The molecule has 0 saturated heterocycles. The van der Waals surface area contributed by atoms with Gasteiger partial charge in [0.25, 0.3) is 5.56 Å². The average molecular weight is 496 g/mol. The number of fused-ring (bicyclic) bond motifs is 1. The fraction of sp³-hybridized carbons (Fsp3) is 0.407. The molecule has 0 aliphatic heterocycles. The van der Waals surface area contributed by atoms with Crippen LogP contribution in [-0.4, -0.2) is 39.8 Å². The second-order valence-corrected chi connectivity index (χ2v) is 10.4. The van der Waals surface area contributed by atoms with Crippen LogP contribution in [0.15, 0.2) is 58.5 Å². The van der Waals surface area contributed by atoms with Crippen LogP contribution in [0.2, 0.25) is 0 Å². The van der Waals surface area contributed by atoms with Gasteiger partial charge in [0.1, 0.15) is 0 Å². The fourth-order valence-electron chi connectivity index (χ4n) is 3.73. The largest absolute Gasteiger partial charge is 0.465 e. The lowest BCUT2D eigenvalue weighted by Crippen LogP contribution is -2.38. The molecular formula is C27H33N3O4S. The molecule has 0 unspecified atom stereocenters. The summed E-state index contributed by atoms with van der Waals surface area (Å²) in [5.74, 6) is -0.390. The molecule has 7 nitrogen and oxygen atoms in total. The van der Waals surface area contributed by atoms with Crippen LogP contribution in [0.4, 0.5) is 0 Å². The first-order valence-corrected chi connectivity index (χ1v) is 12.7. The third kappa shape index (κ3) is 6.94. The van der Waals surface area contributed by atoms with Crippen LogP contribution in [0, 0.1) is 5.92 Å². The van der Waals surface area contributed by atoms with Gasteiger partial charge in [-0.05, 0) is 56.4 Å². The molecule has 8 heteroatoms. The summed E-state index contributed by atoms with van der Waals surface area (Å²) in [6.07, 6.45) is 1.71. The maximum Gasteiger partial charge on any atom is 0.337 e. The van der Waals surface area contributed by atoms with Crippen molar-refractivity contribution in [3.63, 3.8) is 0 Å². The minimum Gasteiger partial charge on any atom is -0.465 e. The zero-order valence-corrected chi connectivity index (χ0v) is 21.7. The fourth-order valence-corrected chi connectivity index (χ4v) is 4.66. The molecule has 1 amide bonds. The quantitative estimate of drug-likeness (QED) is 0.254. The van der Waals surface area contributed by atoms with Crippen molar-refractivity contribution in [2.24, 2.45) is 5.92 Å². The average Bonchev–Trinajstić information content (AvgIpc) is 2.84. The van der Waals surface area contributed by atoms with Gasteiger partial charge in [0.15, 0.2) is 5.16 Å². The van der Waals surface area contributed by atoms with Crippen molar-refractivity contribution in [1.29, 1.82) is 0 Å². The summed E-state index contributed by atoms with van der Waals surface area (Å²) in [6.45, 7) is 8.33. The van der Waals surface area contributed by atoms with Gasteiger partial charge in [-0.2, -0.15) is 0 Å². The van der Waals surface area contributed by atoms with Gasteiger partial charge in [0.2, 0.25) is 5.91 Å². The number of ether oxygens (including phenoxy) is 1. The lowest BCUT2D eigenvalue weighted by Gasteiger charge is -2.20. The van der Waals surface area contributed by atoms with Crippen molar-refractivity contribution in [2.45, 2.75) is 63.5 Å². The highest BCUT2D eigenvalue weighted by Crippen LogP contribution is 2.24. The minimum atomic E-state index is -0.494. The van der Waals surface area contributed by atoms with Crippen LogP contribution in [-0.2, 0) is 22.5 Å². The summed E-state index contributed by atoms with van der Waals surface area (Å²) in [6, 6.07) is 14.9. The van der Waals surface area contributed by atoms with Crippen molar-refractivity contribution in [3.8, 4) is 0 Å². The highest BCUT2D eigenvalue weighted by atomic mass is 32.2. The number of hydrogen-bond donors (Lipinski definition) is 1. The first-order valence-electron chi connectivity index (χ1n) is 11.8. The lowest BCUT2D eigenvalue weighted by atomic mass is 10.1. The van der Waals surface area contributed by atoms with E-state index in [1.165, 1.54) is 24.4 Å². The number of carbonyl (C=O) groups is 2. The normalized spacial score (nSPS) is 13.0. The van der Waals surface area contributed by atoms with E-state index in [0.29, 0.717) is 28.2 Å². The predicted molar refractivity (Wildman–Crippen MR) is 140 cm³/mol. The SMILES string of the molecule is COC(=O)c1ccc2c(=O)n(CC(C)C)c(S[C@@H](C)C(=O)N[C@H](C)CCc3ccccc3)nc2c1. The number of aromatic nitrogens is 2. The van der Waals surface area contributed by atoms with Crippen molar-refractivity contribution in [3.05, 3.63) is 70.0 Å². The van der Waals surface area contributed by atoms with Gasteiger partial charge in [-0.1, -0.05) is 55.9 Å². The molecule has 2 aromatic carbocycles. The van der Waals surface area contributed by atoms with Crippen LogP contribution < -0.4 is 10.9 Å². The Bertz CT molecular complexity index is 1240. The Morgan fingerprint density at radius 3 is 2.46 bits per heavy atom. The third-order valence-corrected chi connectivity index (χ3v) is 6.73. The Morgan fingerprint density at radius 2 is 1.80 bits per heavy atom. The van der Waals surface area contributed by atoms with Crippen molar-refractivity contribution in [1.82, 2.24) is 14.9 Å². The number of thioether (sulfide) groups is 1. The number of amides is 1. The summed E-state index contributed by atoms with van der Waals surface area (Å²) in [7, 11) is 1.31. The number of rotatable bonds is 10. The van der Waals surface area contributed by atoms with Crippen molar-refractivity contribution in [2.75, 3.05) is 7.11 Å². The first-order chi connectivity index (χ1) is 16.7. The van der Waals surface area contributed by atoms with E-state index in [1.807, 2.05) is 45.9 Å². The second-order valence-electron chi connectivity index (χ2n) is 9.12. The molecule has 35 heavy (non-hydrogen) atoms. The van der Waals surface area contributed by atoms with Crippen LogP contribution in [0.3, 0.4) is 0 Å². The van der Waals surface area contributed by atoms with Gasteiger partial charge in [-0.25, -0.2) is 9.78 Å². The van der Waals surface area contributed by atoms with Crippen molar-refractivity contribution >= 4 is 34.5 Å². The number of carbonyl (C=O) groups excluding carboxylic acids is 2. The molecule has 1 heterocycles. The Hall–Kier alpha value is -3.13. The Kier molecular flexibility index (Phi) is 9.09. The number of methoxy groups -OCH3 is 1. The summed E-state index contributed by atoms with van der Waals surface area (Å²) >= 11 is 1.25. The number of nitrogens with one attached hydrogen (secondary N) is 1. The van der Waals surface area contributed by atoms with Gasteiger partial charge in [0, 0.05) is 12.6 Å². The van der Waals surface area contributed by atoms with E-state index in [1.54, 1.807) is 22.8 Å². The van der Waals surface area contributed by atoms with Crippen LogP contribution in [0.5, 0.6) is 0 Å². The molecule has 3 rings (SSSR count). The molecule has 0 aliphatic rings. The summed E-state index contributed by atoms with van der Waals surface area (Å²) in [5, 5.41) is 3.50. The van der Waals surface area contributed by atoms with Gasteiger partial charge in [-0.3, -0.25) is 14.2 Å². The zero-order chi connectivity index (χ0) is 25.5. The number of hydrogen-bond acceptors (Lipinski definition) is 6. The number of nitrogens with zero attached hydrogens (tertiary/aromatic N) is 2. The van der Waals surface area contributed by atoms with Gasteiger partial charge < -0.3 is 10.1 Å². The topological polar surface area (TPSA) is 90.3 Å². The highest BCUT2D eigenvalue weighted by molar-refractivity contribution is 8.00. The molecule has 0 fully saturated rings. The van der Waals surface area contributed by atoms with Gasteiger partial charge >= 0.3 is 5.97 Å². The van der Waals surface area contributed by atoms with E-state index in [4.69, 9.17) is 4.74 Å². The van der Waals surface area contributed by atoms with E-state index in [-0.39, 0.29) is 23.4 Å². The van der Waals surface area contributed by atoms with E-state index >= 15 is 0 Å². The maximum absolute atomic E-state index is 13.3. The van der Waals surface area contributed by atoms with Crippen LogP contribution >= 0.6 is 11.8 Å². The molecule has 1 aromatic heterocycles. The summed E-state index contributed by atoms with van der Waals surface area (Å²) < 4.78 is 6.42. The van der Waals surface area contributed by atoms with Crippen LogP contribution in [0.25, 0.3) is 10.9 Å². The molecule has 186 valence electrons. The third-order valence-electron chi connectivity index (χ3n) is 5.64. The Morgan fingerprint density at radius 1 is 1.09 bits per heavy atom. The summed E-state index contributed by atoms with van der Waals surface area (Å²) in [4.78, 5) is 42.8. The number of benzene rings is 2. The first kappa shape index (κ1) is 26.5. The monoisotopic (exact) mass is 495 g/mol. The molecule has 0 aliphatic carbocycles. The Balaban J connectivity index is 1.80. The number of esters is 1. The smallest absolute Gasteiger partial charge is 0.337 e. The molecular weight excluding hydrogens is 462 g/mol. The molecule has 0 saturated carbocycles. The molecule has 0 spiro atoms. The molecule has 0 bridgehead atoms. The molecule has 2 atom stereocenters. The standard InChI is InChI=1S/C27H33N3O4S/c1-17(2)16-30-25(32)22-14-13-21(26(33)34-5)15-23(22)29-27(30)35-19(4)24(31)28-18(3)11-12-20-9-7-6-8-10-20/h6-10,13-15,17-19H,11-12,16H2,1-5H3,(H,28,31)/t18-,19+/m1/s1. The lowest BCUT2D eigenvalue weighted by molar-refractivity contribution is -0.120. The minimum absolute atomic E-state index is 0.00999. The summed E-state index contributed by atoms with van der Waals surface area (Å²) in [5.41, 5.74) is 1.78. The van der Waals surface area contributed by atoms with Crippen LogP contribution in [0.1, 0.15) is 50.0 Å². The Labute approximate surface area is 210 Å². The molecule has 3 aromatic rings. The van der Waals surface area contributed by atoms with E-state index < -0.39 is 11.2 Å². The molecule has 0 radical (unpaired) electrons. The second kappa shape index (κ2) is 12.0.